The minimum Gasteiger partial charge on any atom is -0.497 e. The van der Waals surface area contributed by atoms with Crippen LogP contribution in [0, 0.1) is 6.92 Å². The Morgan fingerprint density at radius 1 is 1.14 bits per heavy atom. The number of benzene rings is 2. The van der Waals surface area contributed by atoms with Crippen LogP contribution in [0.3, 0.4) is 0 Å². The van der Waals surface area contributed by atoms with E-state index in [1.807, 2.05) is 54.3 Å². The number of aryl methyl sites for hydroxylation is 1. The van der Waals surface area contributed by atoms with Crippen LogP contribution in [0.1, 0.15) is 11.4 Å². The molecular formula is C22H26N4O3. The summed E-state index contributed by atoms with van der Waals surface area (Å²) in [6.07, 6.45) is 0. The first-order valence-electron chi connectivity index (χ1n) is 9.83. The second-order valence-electron chi connectivity index (χ2n) is 7.28. The van der Waals surface area contributed by atoms with E-state index >= 15 is 0 Å². The van der Waals surface area contributed by atoms with Crippen LogP contribution in [-0.4, -0.2) is 65.6 Å². The van der Waals surface area contributed by atoms with Crippen molar-refractivity contribution in [2.45, 2.75) is 13.5 Å². The highest BCUT2D eigenvalue weighted by atomic mass is 16.5. The Balaban J connectivity index is 1.28. The molecule has 1 amide bonds. The molecular weight excluding hydrogens is 368 g/mol. The number of rotatable bonds is 6. The fraction of sp³-hybridized carbons (Fsp3) is 0.364. The van der Waals surface area contributed by atoms with Gasteiger partial charge in [0.1, 0.15) is 17.3 Å². The molecule has 0 atom stereocenters. The van der Waals surface area contributed by atoms with E-state index in [1.165, 1.54) is 0 Å². The van der Waals surface area contributed by atoms with Crippen LogP contribution in [0.25, 0.3) is 11.0 Å². The van der Waals surface area contributed by atoms with Crippen LogP contribution in [0.2, 0.25) is 0 Å². The van der Waals surface area contributed by atoms with Gasteiger partial charge in [-0.15, -0.1) is 0 Å². The number of imidazole rings is 1. The zero-order valence-corrected chi connectivity index (χ0v) is 16.9. The van der Waals surface area contributed by atoms with E-state index in [2.05, 4.69) is 14.9 Å². The Morgan fingerprint density at radius 3 is 2.69 bits per heavy atom. The standard InChI is InChI=1S/C22H26N4O3/c1-16-5-3-4-6-20(16)29-15-22(27)26-11-9-25(10-12-26)14-21-23-18-8-7-17(28-2)13-19(18)24-21/h3-8,13H,9-12,14-15H2,1-2H3,(H,23,24). The summed E-state index contributed by atoms with van der Waals surface area (Å²) < 4.78 is 11.0. The number of piperazine rings is 1. The van der Waals surface area contributed by atoms with Crippen molar-refractivity contribution in [1.82, 2.24) is 19.8 Å². The smallest absolute Gasteiger partial charge is 0.260 e. The topological polar surface area (TPSA) is 70.7 Å². The van der Waals surface area contributed by atoms with Gasteiger partial charge >= 0.3 is 0 Å². The van der Waals surface area contributed by atoms with Crippen molar-refractivity contribution in [2.75, 3.05) is 39.9 Å². The van der Waals surface area contributed by atoms with Gasteiger partial charge in [-0.1, -0.05) is 18.2 Å². The Hall–Kier alpha value is -3.06. The van der Waals surface area contributed by atoms with Crippen molar-refractivity contribution in [1.29, 1.82) is 0 Å². The number of nitrogens with one attached hydrogen (secondary N) is 1. The second kappa shape index (κ2) is 8.53. The number of carbonyl (C=O) groups excluding carboxylic acids is 1. The molecule has 3 aromatic rings. The molecule has 4 rings (SSSR count). The van der Waals surface area contributed by atoms with E-state index < -0.39 is 0 Å². The van der Waals surface area contributed by atoms with Crippen LogP contribution >= 0.6 is 0 Å². The molecule has 1 fully saturated rings. The molecule has 0 radical (unpaired) electrons. The number of hydrogen-bond donors (Lipinski definition) is 1. The highest BCUT2D eigenvalue weighted by Gasteiger charge is 2.22. The lowest BCUT2D eigenvalue weighted by Gasteiger charge is -2.34. The molecule has 0 spiro atoms. The van der Waals surface area contributed by atoms with Crippen molar-refractivity contribution in [2.24, 2.45) is 0 Å². The summed E-state index contributed by atoms with van der Waals surface area (Å²) in [5.41, 5.74) is 2.94. The van der Waals surface area contributed by atoms with E-state index in [-0.39, 0.29) is 12.5 Å². The molecule has 29 heavy (non-hydrogen) atoms. The number of H-pyrrole nitrogens is 1. The van der Waals surface area contributed by atoms with Crippen LogP contribution < -0.4 is 9.47 Å². The van der Waals surface area contributed by atoms with Gasteiger partial charge in [-0.2, -0.15) is 0 Å². The average molecular weight is 394 g/mol. The Kier molecular flexibility index (Phi) is 5.67. The molecule has 1 aliphatic heterocycles. The van der Waals surface area contributed by atoms with Gasteiger partial charge in [0.15, 0.2) is 6.61 Å². The first kappa shape index (κ1) is 19.3. The largest absolute Gasteiger partial charge is 0.497 e. The lowest BCUT2D eigenvalue weighted by atomic mass is 10.2. The summed E-state index contributed by atoms with van der Waals surface area (Å²) in [5.74, 6) is 2.54. The number of nitrogens with zero attached hydrogens (tertiary/aromatic N) is 3. The SMILES string of the molecule is COc1ccc2nc(CN3CCN(C(=O)COc4ccccc4C)CC3)[nH]c2c1. The maximum atomic E-state index is 12.5. The lowest BCUT2D eigenvalue weighted by Crippen LogP contribution is -2.49. The second-order valence-corrected chi connectivity index (χ2v) is 7.28. The molecule has 7 nitrogen and oxygen atoms in total. The molecule has 0 unspecified atom stereocenters. The summed E-state index contributed by atoms with van der Waals surface area (Å²) in [6, 6.07) is 13.6. The van der Waals surface area contributed by atoms with E-state index in [4.69, 9.17) is 9.47 Å². The predicted molar refractivity (Wildman–Crippen MR) is 111 cm³/mol. The molecule has 7 heteroatoms. The number of para-hydroxylation sites is 1. The van der Waals surface area contributed by atoms with Crippen molar-refractivity contribution in [3.05, 3.63) is 53.9 Å². The van der Waals surface area contributed by atoms with Crippen molar-refractivity contribution in [3.8, 4) is 11.5 Å². The van der Waals surface area contributed by atoms with Gasteiger partial charge < -0.3 is 19.4 Å². The van der Waals surface area contributed by atoms with Crippen molar-refractivity contribution in [3.63, 3.8) is 0 Å². The number of carbonyl (C=O) groups is 1. The fourth-order valence-electron chi connectivity index (χ4n) is 3.56. The van der Waals surface area contributed by atoms with Crippen LogP contribution in [-0.2, 0) is 11.3 Å². The normalized spacial score (nSPS) is 14.9. The molecule has 152 valence electrons. The van der Waals surface area contributed by atoms with Gasteiger partial charge in [0.25, 0.3) is 5.91 Å². The maximum absolute atomic E-state index is 12.5. The zero-order chi connectivity index (χ0) is 20.2. The van der Waals surface area contributed by atoms with E-state index in [0.29, 0.717) is 13.1 Å². The van der Waals surface area contributed by atoms with Gasteiger partial charge in [-0.3, -0.25) is 9.69 Å². The maximum Gasteiger partial charge on any atom is 0.260 e. The van der Waals surface area contributed by atoms with Crippen LogP contribution in [0.4, 0.5) is 0 Å². The number of amides is 1. The minimum absolute atomic E-state index is 0.0312. The zero-order valence-electron chi connectivity index (χ0n) is 16.9. The minimum atomic E-state index is 0.0312. The molecule has 2 heterocycles. The Labute approximate surface area is 170 Å². The molecule has 1 saturated heterocycles. The molecule has 2 aromatic carbocycles. The summed E-state index contributed by atoms with van der Waals surface area (Å²) >= 11 is 0. The third kappa shape index (κ3) is 4.51. The average Bonchev–Trinajstić information content (AvgIpc) is 3.14. The van der Waals surface area contributed by atoms with E-state index in [1.54, 1.807) is 7.11 Å². The van der Waals surface area contributed by atoms with Crippen molar-refractivity contribution >= 4 is 16.9 Å². The Bertz CT molecular complexity index is 993. The number of hydrogen-bond acceptors (Lipinski definition) is 5. The number of fused-ring (bicyclic) bond motifs is 1. The molecule has 0 aliphatic carbocycles. The highest BCUT2D eigenvalue weighted by molar-refractivity contribution is 5.78. The highest BCUT2D eigenvalue weighted by Crippen LogP contribution is 2.20. The Morgan fingerprint density at radius 2 is 1.93 bits per heavy atom. The molecule has 1 aliphatic rings. The number of aromatic nitrogens is 2. The van der Waals surface area contributed by atoms with Gasteiger partial charge in [-0.25, -0.2) is 4.98 Å². The van der Waals surface area contributed by atoms with E-state index in [0.717, 1.165) is 53.6 Å². The molecule has 1 N–H and O–H groups in total. The third-order valence-corrected chi connectivity index (χ3v) is 5.28. The molecule has 0 saturated carbocycles. The quantitative estimate of drug-likeness (QED) is 0.696. The van der Waals surface area contributed by atoms with Crippen LogP contribution in [0.5, 0.6) is 11.5 Å². The van der Waals surface area contributed by atoms with Gasteiger partial charge in [0, 0.05) is 32.2 Å². The third-order valence-electron chi connectivity index (χ3n) is 5.28. The van der Waals surface area contributed by atoms with Gasteiger partial charge in [0.2, 0.25) is 0 Å². The van der Waals surface area contributed by atoms with Crippen LogP contribution in [0.15, 0.2) is 42.5 Å². The number of ether oxygens (including phenoxy) is 2. The van der Waals surface area contributed by atoms with Gasteiger partial charge in [0.05, 0.1) is 24.7 Å². The first-order valence-corrected chi connectivity index (χ1v) is 9.83. The summed E-state index contributed by atoms with van der Waals surface area (Å²) in [5, 5.41) is 0. The molecule has 0 bridgehead atoms. The molecule has 1 aromatic heterocycles. The fourth-order valence-corrected chi connectivity index (χ4v) is 3.56. The summed E-state index contributed by atoms with van der Waals surface area (Å²) in [4.78, 5) is 24.7. The first-order chi connectivity index (χ1) is 14.1. The van der Waals surface area contributed by atoms with E-state index in [9.17, 15) is 4.79 Å². The van der Waals surface area contributed by atoms with Gasteiger partial charge in [-0.05, 0) is 30.7 Å². The lowest BCUT2D eigenvalue weighted by molar-refractivity contribution is -0.135. The summed E-state index contributed by atoms with van der Waals surface area (Å²) in [7, 11) is 1.66. The predicted octanol–water partition coefficient (Wildman–Crippen LogP) is 2.60. The number of aromatic amines is 1. The van der Waals surface area contributed by atoms with Crippen molar-refractivity contribution < 1.29 is 14.3 Å². The summed E-state index contributed by atoms with van der Waals surface area (Å²) in [6.45, 7) is 5.82. The monoisotopic (exact) mass is 394 g/mol. The number of methoxy groups -OCH3 is 1.